The van der Waals surface area contributed by atoms with Gasteiger partial charge in [-0.15, -0.1) is 0 Å². The molecular formula is C14H14FN3O3S. The molecule has 1 fully saturated rings. The predicted molar refractivity (Wildman–Crippen MR) is 78.0 cm³/mol. The van der Waals surface area contributed by atoms with Crippen LogP contribution in [0.2, 0.25) is 0 Å². The fourth-order valence-electron chi connectivity index (χ4n) is 2.44. The van der Waals surface area contributed by atoms with Crippen molar-refractivity contribution in [3.8, 4) is 5.69 Å². The van der Waals surface area contributed by atoms with Gasteiger partial charge in [-0.2, -0.15) is 0 Å². The Morgan fingerprint density at radius 1 is 1.32 bits per heavy atom. The van der Waals surface area contributed by atoms with E-state index in [4.69, 9.17) is 0 Å². The Balaban J connectivity index is 1.80. The Bertz CT molecular complexity index is 799. The number of nitrogens with zero attached hydrogens (tertiary/aromatic N) is 2. The van der Waals surface area contributed by atoms with Gasteiger partial charge in [-0.25, -0.2) is 17.8 Å². The zero-order valence-electron chi connectivity index (χ0n) is 11.6. The van der Waals surface area contributed by atoms with Gasteiger partial charge in [-0.3, -0.25) is 9.36 Å². The molecule has 8 heteroatoms. The number of sulfone groups is 1. The van der Waals surface area contributed by atoms with E-state index in [2.05, 4.69) is 10.3 Å². The molecule has 1 unspecified atom stereocenters. The molecule has 116 valence electrons. The predicted octanol–water partition coefficient (Wildman–Crippen LogP) is 0.928. The minimum absolute atomic E-state index is 0.0383. The maximum absolute atomic E-state index is 13.0. The van der Waals surface area contributed by atoms with E-state index in [1.807, 2.05) is 0 Å². The van der Waals surface area contributed by atoms with E-state index in [1.54, 1.807) is 0 Å². The number of imidazole rings is 1. The number of rotatable bonds is 3. The van der Waals surface area contributed by atoms with Crippen LogP contribution in [0.15, 0.2) is 36.8 Å². The van der Waals surface area contributed by atoms with Crippen LogP contribution in [-0.2, 0) is 9.84 Å². The van der Waals surface area contributed by atoms with Crippen molar-refractivity contribution in [1.82, 2.24) is 14.9 Å². The molecule has 1 aromatic heterocycles. The summed E-state index contributed by atoms with van der Waals surface area (Å²) in [4.78, 5) is 16.2. The average Bonchev–Trinajstić information content (AvgIpc) is 3.06. The van der Waals surface area contributed by atoms with E-state index in [0.717, 1.165) is 0 Å². The molecule has 3 rings (SSSR count). The molecule has 22 heavy (non-hydrogen) atoms. The van der Waals surface area contributed by atoms with Gasteiger partial charge >= 0.3 is 0 Å². The Labute approximate surface area is 126 Å². The Morgan fingerprint density at radius 3 is 2.68 bits per heavy atom. The van der Waals surface area contributed by atoms with Crippen LogP contribution in [0.5, 0.6) is 0 Å². The topological polar surface area (TPSA) is 81.1 Å². The minimum atomic E-state index is -3.06. The van der Waals surface area contributed by atoms with Gasteiger partial charge < -0.3 is 5.32 Å². The third-order valence-corrected chi connectivity index (χ3v) is 5.31. The van der Waals surface area contributed by atoms with Crippen molar-refractivity contribution in [3.05, 3.63) is 48.3 Å². The Hall–Kier alpha value is -2.22. The SMILES string of the molecule is O=C(NC1CCS(=O)(=O)C1)c1cncn1-c1ccc(F)cc1. The van der Waals surface area contributed by atoms with Crippen LogP contribution in [0.1, 0.15) is 16.9 Å². The number of amides is 1. The largest absolute Gasteiger partial charge is 0.347 e. The number of carbonyl (C=O) groups is 1. The fraction of sp³-hybridized carbons (Fsp3) is 0.286. The summed E-state index contributed by atoms with van der Waals surface area (Å²) in [6.07, 6.45) is 3.26. The first kappa shape index (κ1) is 14.7. The van der Waals surface area contributed by atoms with Gasteiger partial charge in [0.15, 0.2) is 9.84 Å². The zero-order valence-corrected chi connectivity index (χ0v) is 12.4. The molecule has 0 aliphatic carbocycles. The molecule has 6 nitrogen and oxygen atoms in total. The molecule has 0 spiro atoms. The standard InChI is InChI=1S/C14H14FN3O3S/c15-10-1-3-12(4-2-10)18-9-16-7-13(18)14(19)17-11-5-6-22(20,21)8-11/h1-4,7,9,11H,5-6,8H2,(H,17,19). The number of aromatic nitrogens is 2. The summed E-state index contributed by atoms with van der Waals surface area (Å²) in [6.45, 7) is 0. The highest BCUT2D eigenvalue weighted by atomic mass is 32.2. The molecule has 2 heterocycles. The van der Waals surface area contributed by atoms with Gasteiger partial charge in [-0.05, 0) is 30.7 Å². The third-order valence-electron chi connectivity index (χ3n) is 3.54. The number of nitrogens with one attached hydrogen (secondary N) is 1. The van der Waals surface area contributed by atoms with Crippen molar-refractivity contribution in [2.75, 3.05) is 11.5 Å². The Kier molecular flexibility index (Phi) is 3.69. The summed E-state index contributed by atoms with van der Waals surface area (Å²) in [5.41, 5.74) is 0.874. The molecule has 1 aliphatic heterocycles. The summed E-state index contributed by atoms with van der Waals surface area (Å²) in [5.74, 6) is -0.714. The van der Waals surface area contributed by atoms with Crippen LogP contribution in [0.25, 0.3) is 5.69 Å². The number of hydrogen-bond donors (Lipinski definition) is 1. The summed E-state index contributed by atoms with van der Waals surface area (Å²) < 4.78 is 37.3. The highest BCUT2D eigenvalue weighted by Gasteiger charge is 2.29. The Morgan fingerprint density at radius 2 is 2.05 bits per heavy atom. The van der Waals surface area contributed by atoms with Crippen molar-refractivity contribution >= 4 is 15.7 Å². The highest BCUT2D eigenvalue weighted by molar-refractivity contribution is 7.91. The van der Waals surface area contributed by atoms with Crippen molar-refractivity contribution in [3.63, 3.8) is 0 Å². The lowest BCUT2D eigenvalue weighted by Crippen LogP contribution is -2.36. The quantitative estimate of drug-likeness (QED) is 0.911. The van der Waals surface area contributed by atoms with E-state index < -0.39 is 15.7 Å². The number of carbonyl (C=O) groups excluding carboxylic acids is 1. The first-order chi connectivity index (χ1) is 10.4. The van der Waals surface area contributed by atoms with Gasteiger partial charge in [0.1, 0.15) is 11.5 Å². The molecular weight excluding hydrogens is 309 g/mol. The first-order valence-electron chi connectivity index (χ1n) is 6.74. The summed E-state index contributed by atoms with van der Waals surface area (Å²) in [6, 6.07) is 5.28. The lowest BCUT2D eigenvalue weighted by atomic mass is 10.2. The lowest BCUT2D eigenvalue weighted by Gasteiger charge is -2.12. The van der Waals surface area contributed by atoms with Crippen molar-refractivity contribution in [1.29, 1.82) is 0 Å². The van der Waals surface area contributed by atoms with Crippen molar-refractivity contribution in [2.45, 2.75) is 12.5 Å². The van der Waals surface area contributed by atoms with E-state index in [1.165, 1.54) is 41.4 Å². The van der Waals surface area contributed by atoms with E-state index in [0.29, 0.717) is 12.1 Å². The molecule has 1 saturated heterocycles. The highest BCUT2D eigenvalue weighted by Crippen LogP contribution is 2.15. The van der Waals surface area contributed by atoms with Crippen LogP contribution < -0.4 is 5.32 Å². The molecule has 1 aromatic carbocycles. The van der Waals surface area contributed by atoms with Gasteiger partial charge in [0.2, 0.25) is 0 Å². The van der Waals surface area contributed by atoms with Crippen LogP contribution >= 0.6 is 0 Å². The van der Waals surface area contributed by atoms with E-state index >= 15 is 0 Å². The smallest absolute Gasteiger partial charge is 0.270 e. The molecule has 1 atom stereocenters. The van der Waals surface area contributed by atoms with E-state index in [9.17, 15) is 17.6 Å². The second-order valence-electron chi connectivity index (χ2n) is 5.20. The second-order valence-corrected chi connectivity index (χ2v) is 7.43. The summed E-state index contributed by atoms with van der Waals surface area (Å²) in [5, 5.41) is 2.71. The number of benzene rings is 1. The molecule has 1 amide bonds. The third kappa shape index (κ3) is 3.01. The monoisotopic (exact) mass is 323 g/mol. The minimum Gasteiger partial charge on any atom is -0.347 e. The van der Waals surface area contributed by atoms with E-state index in [-0.39, 0.29) is 29.1 Å². The number of hydrogen-bond acceptors (Lipinski definition) is 4. The van der Waals surface area contributed by atoms with Crippen LogP contribution in [-0.4, -0.2) is 41.4 Å². The lowest BCUT2D eigenvalue weighted by molar-refractivity contribution is 0.0934. The summed E-state index contributed by atoms with van der Waals surface area (Å²) >= 11 is 0. The summed E-state index contributed by atoms with van der Waals surface area (Å²) in [7, 11) is -3.06. The zero-order chi connectivity index (χ0) is 15.7. The molecule has 1 N–H and O–H groups in total. The van der Waals surface area contributed by atoms with Crippen LogP contribution in [0.3, 0.4) is 0 Å². The van der Waals surface area contributed by atoms with Gasteiger partial charge in [0, 0.05) is 11.7 Å². The molecule has 2 aromatic rings. The van der Waals surface area contributed by atoms with Crippen LogP contribution in [0.4, 0.5) is 4.39 Å². The fourth-order valence-corrected chi connectivity index (χ4v) is 4.11. The first-order valence-corrected chi connectivity index (χ1v) is 8.56. The van der Waals surface area contributed by atoms with Crippen LogP contribution in [0, 0.1) is 5.82 Å². The van der Waals surface area contributed by atoms with Crippen molar-refractivity contribution in [2.24, 2.45) is 0 Å². The molecule has 0 radical (unpaired) electrons. The average molecular weight is 323 g/mol. The van der Waals surface area contributed by atoms with Crippen molar-refractivity contribution < 1.29 is 17.6 Å². The van der Waals surface area contributed by atoms with Gasteiger partial charge in [-0.1, -0.05) is 0 Å². The van der Waals surface area contributed by atoms with Gasteiger partial charge in [0.25, 0.3) is 5.91 Å². The molecule has 1 aliphatic rings. The molecule has 0 saturated carbocycles. The number of halogens is 1. The molecule has 0 bridgehead atoms. The normalized spacial score (nSPS) is 20.0. The van der Waals surface area contributed by atoms with Gasteiger partial charge in [0.05, 0.1) is 24.0 Å². The second kappa shape index (κ2) is 5.53. The maximum Gasteiger partial charge on any atom is 0.270 e. The maximum atomic E-state index is 13.0.